The molecule has 0 aliphatic rings. The Morgan fingerprint density at radius 1 is 1.22 bits per heavy atom. The zero-order chi connectivity index (χ0) is 12.7. The molecule has 0 bridgehead atoms. The standard InChI is InChI=1S/C12H11BrN4S/c1-17(2)9-4-3-8-11(15-9)16-12(14-8)10-7(13)5-6-18-10/h3-6H,1-2H3,(H,14,15,16). The van der Waals surface area contributed by atoms with Crippen LogP contribution in [0.2, 0.25) is 0 Å². The Morgan fingerprint density at radius 2 is 2.06 bits per heavy atom. The van der Waals surface area contributed by atoms with Crippen molar-refractivity contribution < 1.29 is 0 Å². The maximum absolute atomic E-state index is 4.55. The Kier molecular flexibility index (Phi) is 2.83. The zero-order valence-corrected chi connectivity index (χ0v) is 12.3. The summed E-state index contributed by atoms with van der Waals surface area (Å²) in [5.74, 6) is 1.76. The van der Waals surface area contributed by atoms with Gasteiger partial charge < -0.3 is 9.88 Å². The lowest BCUT2D eigenvalue weighted by Gasteiger charge is -2.09. The van der Waals surface area contributed by atoms with Gasteiger partial charge in [0.15, 0.2) is 11.5 Å². The highest BCUT2D eigenvalue weighted by Gasteiger charge is 2.11. The number of thiophene rings is 1. The molecular weight excluding hydrogens is 312 g/mol. The third-order valence-electron chi connectivity index (χ3n) is 2.62. The summed E-state index contributed by atoms with van der Waals surface area (Å²) >= 11 is 5.17. The average Bonchev–Trinajstić information content (AvgIpc) is 2.92. The van der Waals surface area contributed by atoms with Crippen molar-refractivity contribution in [1.82, 2.24) is 15.0 Å². The second kappa shape index (κ2) is 4.37. The summed E-state index contributed by atoms with van der Waals surface area (Å²) in [7, 11) is 3.94. The molecule has 0 saturated heterocycles. The Balaban J connectivity index is 2.14. The van der Waals surface area contributed by atoms with Crippen molar-refractivity contribution in [3.63, 3.8) is 0 Å². The quantitative estimate of drug-likeness (QED) is 0.785. The Morgan fingerprint density at radius 3 is 2.72 bits per heavy atom. The van der Waals surface area contributed by atoms with Crippen LogP contribution in [0.15, 0.2) is 28.1 Å². The molecule has 0 spiro atoms. The van der Waals surface area contributed by atoms with Crippen LogP contribution in [0.4, 0.5) is 5.82 Å². The van der Waals surface area contributed by atoms with Gasteiger partial charge >= 0.3 is 0 Å². The fourth-order valence-electron chi connectivity index (χ4n) is 1.70. The van der Waals surface area contributed by atoms with Crippen LogP contribution < -0.4 is 4.90 Å². The molecule has 0 saturated carbocycles. The fraction of sp³-hybridized carbons (Fsp3) is 0.167. The highest BCUT2D eigenvalue weighted by Crippen LogP contribution is 2.32. The molecule has 0 atom stereocenters. The van der Waals surface area contributed by atoms with Gasteiger partial charge in [-0.25, -0.2) is 9.97 Å². The van der Waals surface area contributed by atoms with Crippen molar-refractivity contribution in [2.45, 2.75) is 0 Å². The second-order valence-electron chi connectivity index (χ2n) is 4.12. The van der Waals surface area contributed by atoms with Gasteiger partial charge in [0, 0.05) is 18.6 Å². The number of nitrogens with one attached hydrogen (secondary N) is 1. The number of hydrogen-bond donors (Lipinski definition) is 1. The third kappa shape index (κ3) is 1.91. The largest absolute Gasteiger partial charge is 0.363 e. The summed E-state index contributed by atoms with van der Waals surface area (Å²) in [5, 5.41) is 2.03. The summed E-state index contributed by atoms with van der Waals surface area (Å²) < 4.78 is 1.05. The molecule has 0 aliphatic heterocycles. The number of pyridine rings is 1. The molecule has 0 aliphatic carbocycles. The van der Waals surface area contributed by atoms with Gasteiger partial charge in [-0.3, -0.25) is 0 Å². The van der Waals surface area contributed by atoms with E-state index in [-0.39, 0.29) is 0 Å². The molecule has 0 amide bonds. The van der Waals surface area contributed by atoms with Crippen LogP contribution in [0.3, 0.4) is 0 Å². The van der Waals surface area contributed by atoms with Crippen LogP contribution in [0, 0.1) is 0 Å². The molecule has 3 aromatic heterocycles. The van der Waals surface area contributed by atoms with E-state index in [2.05, 4.69) is 30.9 Å². The number of rotatable bonds is 2. The fourth-order valence-corrected chi connectivity index (χ4v) is 3.21. The Bertz CT molecular complexity index is 701. The maximum atomic E-state index is 4.55. The molecule has 18 heavy (non-hydrogen) atoms. The normalized spacial score (nSPS) is 11.1. The number of H-pyrrole nitrogens is 1. The Labute approximate surface area is 117 Å². The number of fused-ring (bicyclic) bond motifs is 1. The number of aromatic amines is 1. The molecule has 1 N–H and O–H groups in total. The minimum atomic E-state index is 0.747. The van der Waals surface area contributed by atoms with E-state index in [9.17, 15) is 0 Å². The lowest BCUT2D eigenvalue weighted by atomic mass is 10.4. The topological polar surface area (TPSA) is 44.8 Å². The number of aromatic nitrogens is 3. The molecule has 6 heteroatoms. The van der Waals surface area contributed by atoms with Crippen molar-refractivity contribution in [1.29, 1.82) is 0 Å². The molecule has 0 radical (unpaired) electrons. The van der Waals surface area contributed by atoms with E-state index in [0.717, 1.165) is 32.2 Å². The molecule has 3 heterocycles. The van der Waals surface area contributed by atoms with E-state index in [4.69, 9.17) is 0 Å². The molecule has 0 fully saturated rings. The first-order valence-corrected chi connectivity index (χ1v) is 7.10. The summed E-state index contributed by atoms with van der Waals surface area (Å²) in [4.78, 5) is 15.4. The minimum absolute atomic E-state index is 0.747. The molecule has 0 unspecified atom stereocenters. The van der Waals surface area contributed by atoms with Crippen LogP contribution in [-0.4, -0.2) is 29.0 Å². The van der Waals surface area contributed by atoms with Gasteiger partial charge in [-0.05, 0) is 39.5 Å². The summed E-state index contributed by atoms with van der Waals surface area (Å²) in [6.45, 7) is 0. The van der Waals surface area contributed by atoms with Gasteiger partial charge in [0.25, 0.3) is 0 Å². The molecule has 3 rings (SSSR count). The van der Waals surface area contributed by atoms with Crippen molar-refractivity contribution in [3.8, 4) is 10.7 Å². The van der Waals surface area contributed by atoms with Gasteiger partial charge in [0.05, 0.1) is 10.4 Å². The third-order valence-corrected chi connectivity index (χ3v) is 4.47. The van der Waals surface area contributed by atoms with Crippen LogP contribution in [0.5, 0.6) is 0 Å². The van der Waals surface area contributed by atoms with Crippen LogP contribution in [0.25, 0.3) is 21.9 Å². The van der Waals surface area contributed by atoms with Crippen LogP contribution in [-0.2, 0) is 0 Å². The maximum Gasteiger partial charge on any atom is 0.180 e. The lowest BCUT2D eigenvalue weighted by Crippen LogP contribution is -2.10. The smallest absolute Gasteiger partial charge is 0.180 e. The highest BCUT2D eigenvalue weighted by molar-refractivity contribution is 9.10. The van der Waals surface area contributed by atoms with E-state index in [1.807, 2.05) is 42.6 Å². The number of halogens is 1. The van der Waals surface area contributed by atoms with Gasteiger partial charge in [-0.15, -0.1) is 11.3 Å². The highest BCUT2D eigenvalue weighted by atomic mass is 79.9. The molecule has 0 aromatic carbocycles. The van der Waals surface area contributed by atoms with Crippen LogP contribution >= 0.6 is 27.3 Å². The van der Waals surface area contributed by atoms with Gasteiger partial charge in [0.2, 0.25) is 0 Å². The monoisotopic (exact) mass is 322 g/mol. The Hall–Kier alpha value is -1.40. The van der Waals surface area contributed by atoms with Gasteiger partial charge in [-0.2, -0.15) is 0 Å². The van der Waals surface area contributed by atoms with Crippen molar-refractivity contribution in [3.05, 3.63) is 28.1 Å². The van der Waals surface area contributed by atoms with Gasteiger partial charge in [-0.1, -0.05) is 0 Å². The van der Waals surface area contributed by atoms with E-state index in [1.54, 1.807) is 11.3 Å². The molecular formula is C12H11BrN4S. The van der Waals surface area contributed by atoms with Crippen molar-refractivity contribution in [2.75, 3.05) is 19.0 Å². The average molecular weight is 323 g/mol. The molecule has 3 aromatic rings. The molecule has 4 nitrogen and oxygen atoms in total. The number of anilines is 1. The second-order valence-corrected chi connectivity index (χ2v) is 5.89. The van der Waals surface area contributed by atoms with E-state index < -0.39 is 0 Å². The van der Waals surface area contributed by atoms with Crippen LogP contribution in [0.1, 0.15) is 0 Å². The predicted molar refractivity (Wildman–Crippen MR) is 79.2 cm³/mol. The van der Waals surface area contributed by atoms with E-state index >= 15 is 0 Å². The SMILES string of the molecule is CN(C)c1ccc2[nH]c(-c3sccc3Br)nc2n1. The first-order chi connectivity index (χ1) is 8.65. The zero-order valence-electron chi connectivity index (χ0n) is 9.94. The lowest BCUT2D eigenvalue weighted by molar-refractivity contribution is 1.08. The first-order valence-electron chi connectivity index (χ1n) is 5.42. The number of hydrogen-bond acceptors (Lipinski definition) is 4. The summed E-state index contributed by atoms with van der Waals surface area (Å²) in [6, 6.07) is 6.01. The number of imidazole rings is 1. The van der Waals surface area contributed by atoms with E-state index in [1.165, 1.54) is 0 Å². The van der Waals surface area contributed by atoms with Crippen molar-refractivity contribution >= 4 is 44.2 Å². The summed E-state index contributed by atoms with van der Waals surface area (Å²) in [5.41, 5.74) is 1.70. The van der Waals surface area contributed by atoms with Gasteiger partial charge in [0.1, 0.15) is 5.82 Å². The number of nitrogens with zero attached hydrogens (tertiary/aromatic N) is 3. The van der Waals surface area contributed by atoms with E-state index in [0.29, 0.717) is 0 Å². The summed E-state index contributed by atoms with van der Waals surface area (Å²) in [6.07, 6.45) is 0. The first kappa shape index (κ1) is 11.7. The molecule has 92 valence electrons. The predicted octanol–water partition coefficient (Wildman–Crippen LogP) is 3.51. The van der Waals surface area contributed by atoms with Crippen molar-refractivity contribution in [2.24, 2.45) is 0 Å². The minimum Gasteiger partial charge on any atom is -0.363 e.